The van der Waals surface area contributed by atoms with E-state index >= 15 is 0 Å². The number of benzene rings is 3. The molecule has 0 spiro atoms. The predicted molar refractivity (Wildman–Crippen MR) is 149 cm³/mol. The van der Waals surface area contributed by atoms with Crippen LogP contribution in [0, 0.1) is 34.4 Å². The van der Waals surface area contributed by atoms with E-state index in [4.69, 9.17) is 32.7 Å². The molecule has 0 radical (unpaired) electrons. The van der Waals surface area contributed by atoms with Gasteiger partial charge in [-0.1, -0.05) is 93.7 Å². The van der Waals surface area contributed by atoms with Crippen molar-refractivity contribution < 1.29 is 18.7 Å². The second-order valence-electron chi connectivity index (χ2n) is 9.41. The van der Waals surface area contributed by atoms with Gasteiger partial charge in [-0.2, -0.15) is 5.26 Å². The summed E-state index contributed by atoms with van der Waals surface area (Å²) in [4.78, 5) is 12.9. The van der Waals surface area contributed by atoms with E-state index in [0.717, 1.165) is 5.56 Å². The highest BCUT2D eigenvalue weighted by Crippen LogP contribution is 2.66. The van der Waals surface area contributed by atoms with Crippen LogP contribution in [0.15, 0.2) is 72.8 Å². The molecule has 0 amide bonds. The summed E-state index contributed by atoms with van der Waals surface area (Å²) in [6, 6.07) is 21.8. The quantitative estimate of drug-likeness (QED) is 0.178. The zero-order valence-corrected chi connectivity index (χ0v) is 24.5. The molecule has 0 bridgehead atoms. The monoisotopic (exact) mass is 667 g/mol. The molecular formula is C28H22Br2Cl2FNO3. The number of nitriles is 1. The molecule has 1 aliphatic carbocycles. The van der Waals surface area contributed by atoms with Gasteiger partial charge in [-0.05, 0) is 53.3 Å². The van der Waals surface area contributed by atoms with E-state index in [1.54, 1.807) is 36.4 Å². The molecule has 3 aromatic carbocycles. The molecule has 0 aliphatic heterocycles. The first-order chi connectivity index (χ1) is 17.5. The summed E-state index contributed by atoms with van der Waals surface area (Å²) in [6.45, 7) is 3.90. The third-order valence-corrected chi connectivity index (χ3v) is 10.4. The predicted octanol–water partition coefficient (Wildman–Crippen LogP) is 8.90. The zero-order chi connectivity index (χ0) is 27.0. The fourth-order valence-corrected chi connectivity index (χ4v) is 6.65. The van der Waals surface area contributed by atoms with Crippen molar-refractivity contribution >= 4 is 61.0 Å². The minimum absolute atomic E-state index is 0.0701. The highest BCUT2D eigenvalue weighted by Gasteiger charge is 2.68. The Kier molecular flexibility index (Phi) is 8.25. The summed E-state index contributed by atoms with van der Waals surface area (Å²) in [5.41, 5.74) is 0.639. The molecule has 4 nitrogen and oxygen atoms in total. The number of esters is 1. The normalized spacial score (nSPS) is 21.1. The highest BCUT2D eigenvalue weighted by molar-refractivity contribution is 9.12. The van der Waals surface area contributed by atoms with Crippen LogP contribution in [-0.2, 0) is 13.3 Å². The molecule has 192 valence electrons. The van der Waals surface area contributed by atoms with Gasteiger partial charge in [0.2, 0.25) is 6.10 Å². The average molecular weight is 670 g/mol. The molecule has 4 rings (SSSR count). The van der Waals surface area contributed by atoms with Gasteiger partial charge >= 0.3 is 5.97 Å². The maximum atomic E-state index is 14.4. The van der Waals surface area contributed by atoms with E-state index in [2.05, 4.69) is 31.9 Å². The number of carbonyl (C=O) groups is 1. The van der Waals surface area contributed by atoms with E-state index in [0.29, 0.717) is 16.3 Å². The first kappa shape index (κ1) is 27.9. The zero-order valence-electron chi connectivity index (χ0n) is 19.8. The number of hydrogen-bond acceptors (Lipinski definition) is 4. The second-order valence-corrected chi connectivity index (χ2v) is 13.1. The van der Waals surface area contributed by atoms with Gasteiger partial charge in [-0.25, -0.2) is 4.39 Å². The Balaban J connectivity index is 1.50. The minimum atomic E-state index is -1.24. The maximum Gasteiger partial charge on any atom is 0.311 e. The topological polar surface area (TPSA) is 59.3 Å². The van der Waals surface area contributed by atoms with Crippen LogP contribution in [-0.4, -0.2) is 10.8 Å². The second kappa shape index (κ2) is 10.9. The molecule has 0 aromatic heterocycles. The SMILES string of the molecule is CC1(C)[C@@H]([C@H](Br)[C@](Cl)(Br)c2ccc(Cl)cc2)[C@@H]1C(=O)O[C@@H](C#N)c1ccc(F)c(Oc2ccccc2)c1. The lowest BCUT2D eigenvalue weighted by atomic mass is 10.0. The Morgan fingerprint density at radius 3 is 2.41 bits per heavy atom. The largest absolute Gasteiger partial charge is 0.454 e. The van der Waals surface area contributed by atoms with Crippen LogP contribution in [0.1, 0.15) is 31.1 Å². The molecule has 1 saturated carbocycles. The van der Waals surface area contributed by atoms with E-state index in [-0.39, 0.29) is 16.5 Å². The number of hydrogen-bond donors (Lipinski definition) is 0. The van der Waals surface area contributed by atoms with Crippen molar-refractivity contribution in [3.8, 4) is 17.6 Å². The van der Waals surface area contributed by atoms with Crippen LogP contribution in [0.2, 0.25) is 5.02 Å². The molecule has 1 aliphatic rings. The summed E-state index contributed by atoms with van der Waals surface area (Å²) < 4.78 is 24.6. The van der Waals surface area contributed by atoms with Crippen LogP contribution in [0.3, 0.4) is 0 Å². The molecule has 0 heterocycles. The number of nitrogens with zero attached hydrogens (tertiary/aromatic N) is 1. The van der Waals surface area contributed by atoms with Crippen molar-refractivity contribution in [2.24, 2.45) is 17.3 Å². The highest BCUT2D eigenvalue weighted by atomic mass is 79.9. The molecule has 0 N–H and O–H groups in total. The fourth-order valence-electron chi connectivity index (χ4n) is 4.47. The van der Waals surface area contributed by atoms with E-state index < -0.39 is 33.0 Å². The number of alkyl halides is 3. The standard InChI is InChI=1S/C28H22Br2Cl2FNO3/c1-27(2)23(25(29)28(30,32)17-9-11-18(31)12-10-17)24(27)26(35)37-22(15-34)16-8-13-20(33)21(14-16)36-19-6-4-3-5-7-19/h3-14,22-25H,1-2H3/t22-,23+,24+,25-,28-/m0/s1. The van der Waals surface area contributed by atoms with E-state index in [9.17, 15) is 14.4 Å². The number of rotatable bonds is 8. The van der Waals surface area contributed by atoms with Crippen LogP contribution < -0.4 is 4.74 Å². The van der Waals surface area contributed by atoms with Gasteiger partial charge in [0, 0.05) is 10.6 Å². The molecule has 3 aromatic rings. The van der Waals surface area contributed by atoms with Gasteiger partial charge in [0.1, 0.15) is 15.6 Å². The maximum absolute atomic E-state index is 14.4. The Labute approximate surface area is 241 Å². The van der Waals surface area contributed by atoms with Gasteiger partial charge in [0.15, 0.2) is 11.6 Å². The smallest absolute Gasteiger partial charge is 0.311 e. The van der Waals surface area contributed by atoms with Crippen molar-refractivity contribution in [1.82, 2.24) is 0 Å². The summed E-state index contributed by atoms with van der Waals surface area (Å²) in [7, 11) is 0. The van der Waals surface area contributed by atoms with Gasteiger partial charge in [-0.3, -0.25) is 4.79 Å². The molecule has 37 heavy (non-hydrogen) atoms. The Hall–Kier alpha value is -2.11. The van der Waals surface area contributed by atoms with Crippen molar-refractivity contribution in [1.29, 1.82) is 5.26 Å². The van der Waals surface area contributed by atoms with Crippen molar-refractivity contribution in [2.75, 3.05) is 0 Å². The molecular weight excluding hydrogens is 648 g/mol. The molecule has 1 fully saturated rings. The van der Waals surface area contributed by atoms with E-state index in [1.165, 1.54) is 18.2 Å². The lowest BCUT2D eigenvalue weighted by molar-refractivity contribution is -0.149. The van der Waals surface area contributed by atoms with Crippen molar-refractivity contribution in [3.05, 3.63) is 94.8 Å². The summed E-state index contributed by atoms with van der Waals surface area (Å²) in [6.07, 6.45) is -1.24. The fraction of sp³-hybridized carbons (Fsp3) is 0.286. The summed E-state index contributed by atoms with van der Waals surface area (Å²) in [5.74, 6) is -1.47. The van der Waals surface area contributed by atoms with Crippen molar-refractivity contribution in [3.63, 3.8) is 0 Å². The lowest BCUT2D eigenvalue weighted by Crippen LogP contribution is -2.27. The Morgan fingerprint density at radius 1 is 1.14 bits per heavy atom. The van der Waals surface area contributed by atoms with E-state index in [1.807, 2.05) is 38.1 Å². The minimum Gasteiger partial charge on any atom is -0.454 e. The van der Waals surface area contributed by atoms with Gasteiger partial charge < -0.3 is 9.47 Å². The lowest BCUT2D eigenvalue weighted by Gasteiger charge is -2.28. The van der Waals surface area contributed by atoms with Crippen molar-refractivity contribution in [2.45, 2.75) is 28.6 Å². The first-order valence-electron chi connectivity index (χ1n) is 11.4. The summed E-state index contributed by atoms with van der Waals surface area (Å²) in [5, 5.41) is 10.4. The van der Waals surface area contributed by atoms with Gasteiger partial charge in [0.25, 0.3) is 0 Å². The van der Waals surface area contributed by atoms with Crippen LogP contribution >= 0.6 is 55.1 Å². The third kappa shape index (κ3) is 5.83. The first-order valence-corrected chi connectivity index (χ1v) is 13.8. The number of para-hydroxylation sites is 1. The summed E-state index contributed by atoms with van der Waals surface area (Å²) >= 11 is 20.2. The molecule has 0 saturated heterocycles. The molecule has 0 unspecified atom stereocenters. The van der Waals surface area contributed by atoms with Crippen LogP contribution in [0.4, 0.5) is 4.39 Å². The molecule has 9 heteroatoms. The molecule has 5 atom stereocenters. The van der Waals surface area contributed by atoms with Gasteiger partial charge in [-0.15, -0.1) is 11.6 Å². The number of carbonyl (C=O) groups excluding carboxylic acids is 1. The number of ether oxygens (including phenoxy) is 2. The number of halogens is 5. The Bertz CT molecular complexity index is 1330. The average Bonchev–Trinajstić information content (AvgIpc) is 3.45. The Morgan fingerprint density at radius 2 is 1.78 bits per heavy atom. The van der Waals surface area contributed by atoms with Gasteiger partial charge in [0.05, 0.1) is 10.7 Å². The third-order valence-electron chi connectivity index (χ3n) is 6.64. The van der Waals surface area contributed by atoms with Crippen LogP contribution in [0.5, 0.6) is 11.5 Å². The van der Waals surface area contributed by atoms with Crippen LogP contribution in [0.25, 0.3) is 0 Å².